The number of nitrogens with one attached hydrogen (secondary N) is 1. The first-order chi connectivity index (χ1) is 10.3. The van der Waals surface area contributed by atoms with Crippen molar-refractivity contribution in [3.63, 3.8) is 0 Å². The molecule has 2 aromatic carbocycles. The molecule has 0 radical (unpaired) electrons. The van der Waals surface area contributed by atoms with E-state index in [1.807, 2.05) is 0 Å². The van der Waals surface area contributed by atoms with Crippen LogP contribution in [-0.2, 0) is 6.54 Å². The highest BCUT2D eigenvalue weighted by Crippen LogP contribution is 2.38. The summed E-state index contributed by atoms with van der Waals surface area (Å²) in [6, 6.07) is 17.5. The molecule has 1 heterocycles. The molecule has 0 aliphatic carbocycles. The van der Waals surface area contributed by atoms with Crippen LogP contribution in [0.1, 0.15) is 19.4 Å². The number of rotatable bonds is 5. The number of fused-ring (bicyclic) bond motifs is 3. The Morgan fingerprint density at radius 3 is 2.52 bits per heavy atom. The number of anilines is 1. The minimum absolute atomic E-state index is 0.708. The fraction of sp³-hybridized carbons (Fsp3) is 0.368. The second-order valence-corrected chi connectivity index (χ2v) is 6.19. The van der Waals surface area contributed by atoms with Gasteiger partial charge in [0.25, 0.3) is 0 Å². The zero-order valence-corrected chi connectivity index (χ0v) is 13.0. The Morgan fingerprint density at radius 1 is 1.00 bits per heavy atom. The van der Waals surface area contributed by atoms with Gasteiger partial charge in [0, 0.05) is 30.9 Å². The minimum atomic E-state index is 0.708. The van der Waals surface area contributed by atoms with Crippen molar-refractivity contribution in [2.45, 2.75) is 20.4 Å². The minimum Gasteiger partial charge on any atom is -0.365 e. The van der Waals surface area contributed by atoms with Crippen molar-refractivity contribution in [2.24, 2.45) is 5.92 Å². The Bertz CT molecular complexity index is 604. The molecule has 0 atom stereocenters. The van der Waals surface area contributed by atoms with Crippen molar-refractivity contribution in [3.8, 4) is 11.1 Å². The molecular weight excluding hydrogens is 256 g/mol. The lowest BCUT2D eigenvalue weighted by Crippen LogP contribution is -2.34. The highest BCUT2D eigenvalue weighted by atomic mass is 15.1. The molecule has 1 aliphatic heterocycles. The lowest BCUT2D eigenvalue weighted by atomic mass is 9.93. The summed E-state index contributed by atoms with van der Waals surface area (Å²) in [6.45, 7) is 8.69. The highest BCUT2D eigenvalue weighted by molar-refractivity contribution is 5.83. The van der Waals surface area contributed by atoms with Crippen LogP contribution in [0.2, 0.25) is 0 Å². The van der Waals surface area contributed by atoms with E-state index in [9.17, 15) is 0 Å². The SMILES string of the molecule is CC(C)CNCCN1Cc2ccccc2-c2ccccc21. The van der Waals surface area contributed by atoms with Gasteiger partial charge in [-0.25, -0.2) is 0 Å². The van der Waals surface area contributed by atoms with Crippen molar-refractivity contribution >= 4 is 5.69 Å². The van der Waals surface area contributed by atoms with E-state index in [4.69, 9.17) is 0 Å². The Morgan fingerprint density at radius 2 is 1.71 bits per heavy atom. The van der Waals surface area contributed by atoms with Crippen molar-refractivity contribution in [2.75, 3.05) is 24.5 Å². The molecular formula is C19H24N2. The van der Waals surface area contributed by atoms with E-state index < -0.39 is 0 Å². The summed E-state index contributed by atoms with van der Waals surface area (Å²) in [7, 11) is 0. The molecule has 0 bridgehead atoms. The first-order valence-corrected chi connectivity index (χ1v) is 7.88. The van der Waals surface area contributed by atoms with Crippen molar-refractivity contribution in [1.82, 2.24) is 5.32 Å². The topological polar surface area (TPSA) is 15.3 Å². The van der Waals surface area contributed by atoms with Gasteiger partial charge in [-0.15, -0.1) is 0 Å². The summed E-state index contributed by atoms with van der Waals surface area (Å²) in [5.41, 5.74) is 5.55. The van der Waals surface area contributed by atoms with Gasteiger partial charge in [0.1, 0.15) is 0 Å². The third-order valence-electron chi connectivity index (χ3n) is 4.02. The molecule has 2 heteroatoms. The molecule has 2 aromatic rings. The second-order valence-electron chi connectivity index (χ2n) is 6.19. The van der Waals surface area contributed by atoms with E-state index in [1.54, 1.807) is 0 Å². The van der Waals surface area contributed by atoms with E-state index in [0.29, 0.717) is 5.92 Å². The molecule has 0 saturated heterocycles. The monoisotopic (exact) mass is 280 g/mol. The first-order valence-electron chi connectivity index (χ1n) is 7.88. The van der Waals surface area contributed by atoms with Gasteiger partial charge in [0.15, 0.2) is 0 Å². The zero-order valence-electron chi connectivity index (χ0n) is 13.0. The third-order valence-corrected chi connectivity index (χ3v) is 4.02. The predicted molar refractivity (Wildman–Crippen MR) is 90.6 cm³/mol. The molecule has 21 heavy (non-hydrogen) atoms. The van der Waals surface area contributed by atoms with Crippen LogP contribution in [0.15, 0.2) is 48.5 Å². The maximum Gasteiger partial charge on any atom is 0.0449 e. The highest BCUT2D eigenvalue weighted by Gasteiger charge is 2.20. The van der Waals surface area contributed by atoms with Gasteiger partial charge >= 0.3 is 0 Å². The normalized spacial score (nSPS) is 13.2. The molecule has 0 unspecified atom stereocenters. The molecule has 0 fully saturated rings. The van der Waals surface area contributed by atoms with Gasteiger partial charge in [0.05, 0.1) is 0 Å². The molecule has 110 valence electrons. The lowest BCUT2D eigenvalue weighted by Gasteiger charge is -2.33. The van der Waals surface area contributed by atoms with Crippen molar-refractivity contribution in [1.29, 1.82) is 0 Å². The summed E-state index contributed by atoms with van der Waals surface area (Å²) in [5, 5.41) is 3.55. The Balaban J connectivity index is 1.78. The fourth-order valence-corrected chi connectivity index (χ4v) is 2.99. The quantitative estimate of drug-likeness (QED) is 0.835. The maximum atomic E-state index is 3.55. The van der Waals surface area contributed by atoms with E-state index in [1.165, 1.54) is 22.4 Å². The third kappa shape index (κ3) is 3.11. The van der Waals surface area contributed by atoms with Gasteiger partial charge in [-0.05, 0) is 29.7 Å². The molecule has 1 N–H and O–H groups in total. The standard InChI is InChI=1S/C19H24N2/c1-15(2)13-20-11-12-21-14-16-7-3-4-8-17(16)18-9-5-6-10-19(18)21/h3-10,15,20H,11-14H2,1-2H3. The molecule has 0 spiro atoms. The number of hydrogen-bond acceptors (Lipinski definition) is 2. The average molecular weight is 280 g/mol. The average Bonchev–Trinajstić information content (AvgIpc) is 2.51. The lowest BCUT2D eigenvalue weighted by molar-refractivity contribution is 0.549. The van der Waals surface area contributed by atoms with Gasteiger partial charge in [-0.2, -0.15) is 0 Å². The van der Waals surface area contributed by atoms with Crippen LogP contribution in [0.5, 0.6) is 0 Å². The maximum absolute atomic E-state index is 3.55. The summed E-state index contributed by atoms with van der Waals surface area (Å²) in [5.74, 6) is 0.708. The van der Waals surface area contributed by atoms with E-state index in [0.717, 1.165) is 26.2 Å². The summed E-state index contributed by atoms with van der Waals surface area (Å²) < 4.78 is 0. The van der Waals surface area contributed by atoms with E-state index in [-0.39, 0.29) is 0 Å². The summed E-state index contributed by atoms with van der Waals surface area (Å²) >= 11 is 0. The molecule has 3 rings (SSSR count). The van der Waals surface area contributed by atoms with Crippen molar-refractivity contribution in [3.05, 3.63) is 54.1 Å². The summed E-state index contributed by atoms with van der Waals surface area (Å²) in [4.78, 5) is 2.49. The largest absolute Gasteiger partial charge is 0.365 e. The van der Waals surface area contributed by atoms with Crippen LogP contribution in [0.4, 0.5) is 5.69 Å². The Hall–Kier alpha value is -1.80. The van der Waals surface area contributed by atoms with Gasteiger partial charge < -0.3 is 10.2 Å². The number of hydrogen-bond donors (Lipinski definition) is 1. The summed E-state index contributed by atoms with van der Waals surface area (Å²) in [6.07, 6.45) is 0. The van der Waals surface area contributed by atoms with E-state index in [2.05, 4.69) is 72.6 Å². The second kappa shape index (κ2) is 6.31. The van der Waals surface area contributed by atoms with E-state index >= 15 is 0 Å². The van der Waals surface area contributed by atoms with Crippen LogP contribution in [0, 0.1) is 5.92 Å². The van der Waals surface area contributed by atoms with Crippen LogP contribution in [0.3, 0.4) is 0 Å². The van der Waals surface area contributed by atoms with Gasteiger partial charge in [0.2, 0.25) is 0 Å². The first kappa shape index (κ1) is 14.2. The Kier molecular flexibility index (Phi) is 4.26. The number of nitrogens with zero attached hydrogens (tertiary/aromatic N) is 1. The molecule has 0 saturated carbocycles. The molecule has 0 aromatic heterocycles. The van der Waals surface area contributed by atoms with Crippen LogP contribution in [-0.4, -0.2) is 19.6 Å². The van der Waals surface area contributed by atoms with Gasteiger partial charge in [-0.3, -0.25) is 0 Å². The molecule has 1 aliphatic rings. The predicted octanol–water partition coefficient (Wildman–Crippen LogP) is 3.92. The zero-order chi connectivity index (χ0) is 14.7. The Labute approximate surface area is 127 Å². The fourth-order valence-electron chi connectivity index (χ4n) is 2.99. The number of benzene rings is 2. The van der Waals surface area contributed by atoms with Crippen LogP contribution in [0.25, 0.3) is 11.1 Å². The smallest absolute Gasteiger partial charge is 0.0449 e. The van der Waals surface area contributed by atoms with Gasteiger partial charge in [-0.1, -0.05) is 56.3 Å². The van der Waals surface area contributed by atoms with Crippen LogP contribution >= 0.6 is 0 Å². The molecule has 2 nitrogen and oxygen atoms in total. The van der Waals surface area contributed by atoms with Crippen LogP contribution < -0.4 is 10.2 Å². The molecule has 0 amide bonds. The number of para-hydroxylation sites is 1. The van der Waals surface area contributed by atoms with Crippen molar-refractivity contribution < 1.29 is 0 Å².